The van der Waals surface area contributed by atoms with Gasteiger partial charge in [-0.25, -0.2) is 24.3 Å². The highest BCUT2D eigenvalue weighted by Gasteiger charge is 2.13. The first-order valence-electron chi connectivity index (χ1n) is 4.34. The number of nitrogens with zero attached hydrogens (tertiary/aromatic N) is 4. The van der Waals surface area contributed by atoms with Gasteiger partial charge in [0, 0.05) is 0 Å². The van der Waals surface area contributed by atoms with E-state index < -0.39 is 6.09 Å². The number of hydrogen-bond donors (Lipinski definition) is 1. The molecule has 2 N–H and O–H groups in total. The van der Waals surface area contributed by atoms with Crippen molar-refractivity contribution in [3.05, 3.63) is 12.7 Å². The minimum absolute atomic E-state index is 0.239. The second kappa shape index (κ2) is 3.52. The van der Waals surface area contributed by atoms with Gasteiger partial charge in [-0.05, 0) is 6.92 Å². The molecule has 0 amide bonds. The molecular formula is C8H9N5O2. The zero-order chi connectivity index (χ0) is 10.8. The summed E-state index contributed by atoms with van der Waals surface area (Å²) in [4.78, 5) is 23.0. The summed E-state index contributed by atoms with van der Waals surface area (Å²) in [6.07, 6.45) is 2.06. The van der Waals surface area contributed by atoms with Gasteiger partial charge in [-0.3, -0.25) is 0 Å². The molecule has 0 saturated carbocycles. The van der Waals surface area contributed by atoms with Gasteiger partial charge in [0.2, 0.25) is 0 Å². The molecule has 7 heteroatoms. The third-order valence-electron chi connectivity index (χ3n) is 1.83. The molecule has 0 aliphatic heterocycles. The Morgan fingerprint density at radius 2 is 2.33 bits per heavy atom. The molecule has 2 rings (SSSR count). The van der Waals surface area contributed by atoms with Crippen LogP contribution >= 0.6 is 0 Å². The Hall–Kier alpha value is -2.18. The normalized spacial score (nSPS) is 10.5. The van der Waals surface area contributed by atoms with Crippen molar-refractivity contribution in [3.63, 3.8) is 0 Å². The fraction of sp³-hybridized carbons (Fsp3) is 0.250. The van der Waals surface area contributed by atoms with Crippen molar-refractivity contribution in [2.45, 2.75) is 6.92 Å². The molecule has 0 spiro atoms. The van der Waals surface area contributed by atoms with Gasteiger partial charge in [0.25, 0.3) is 0 Å². The highest BCUT2D eigenvalue weighted by Crippen LogP contribution is 2.13. The third-order valence-corrected chi connectivity index (χ3v) is 1.83. The number of aromatic nitrogens is 4. The summed E-state index contributed by atoms with van der Waals surface area (Å²) in [6, 6.07) is 0. The van der Waals surface area contributed by atoms with E-state index in [4.69, 9.17) is 10.5 Å². The smallest absolute Gasteiger partial charge is 0.420 e. The molecule has 0 saturated heterocycles. The van der Waals surface area contributed by atoms with Gasteiger partial charge in [0.15, 0.2) is 17.0 Å². The van der Waals surface area contributed by atoms with Crippen LogP contribution in [0.5, 0.6) is 0 Å². The van der Waals surface area contributed by atoms with E-state index in [0.717, 1.165) is 0 Å². The molecule has 0 aliphatic carbocycles. The number of rotatable bonds is 1. The second-order valence-electron chi connectivity index (χ2n) is 2.74. The third kappa shape index (κ3) is 1.47. The number of nitrogens with two attached hydrogens (primary N) is 1. The number of hydrogen-bond acceptors (Lipinski definition) is 6. The lowest BCUT2D eigenvalue weighted by Gasteiger charge is -2.01. The van der Waals surface area contributed by atoms with E-state index in [0.29, 0.717) is 17.8 Å². The summed E-state index contributed by atoms with van der Waals surface area (Å²) < 4.78 is 6.01. The number of nitrogen functional groups attached to an aromatic ring is 1. The van der Waals surface area contributed by atoms with Crippen molar-refractivity contribution in [2.24, 2.45) is 0 Å². The number of ether oxygens (including phenoxy) is 1. The molecule has 0 bridgehead atoms. The van der Waals surface area contributed by atoms with E-state index in [9.17, 15) is 4.79 Å². The molecule has 15 heavy (non-hydrogen) atoms. The van der Waals surface area contributed by atoms with Gasteiger partial charge in [-0.2, -0.15) is 0 Å². The molecule has 2 heterocycles. The summed E-state index contributed by atoms with van der Waals surface area (Å²) in [6.45, 7) is 2.01. The lowest BCUT2D eigenvalue weighted by atomic mass is 10.5. The molecular weight excluding hydrogens is 198 g/mol. The van der Waals surface area contributed by atoms with E-state index in [-0.39, 0.29) is 5.82 Å². The second-order valence-corrected chi connectivity index (χ2v) is 2.74. The topological polar surface area (TPSA) is 95.9 Å². The van der Waals surface area contributed by atoms with Crippen molar-refractivity contribution in [1.82, 2.24) is 19.5 Å². The van der Waals surface area contributed by atoms with Crippen LogP contribution in [0.4, 0.5) is 10.6 Å². The summed E-state index contributed by atoms with van der Waals surface area (Å²) in [7, 11) is 0. The molecule has 2 aromatic rings. The SMILES string of the molecule is CCOC(=O)n1cnc2c(N)ncnc21. The predicted molar refractivity (Wildman–Crippen MR) is 52.2 cm³/mol. The first-order chi connectivity index (χ1) is 7.24. The van der Waals surface area contributed by atoms with Gasteiger partial charge in [0.1, 0.15) is 12.7 Å². The Morgan fingerprint density at radius 3 is 3.07 bits per heavy atom. The van der Waals surface area contributed by atoms with Crippen molar-refractivity contribution in [3.8, 4) is 0 Å². The maximum atomic E-state index is 11.4. The van der Waals surface area contributed by atoms with Crippen LogP contribution in [0.15, 0.2) is 12.7 Å². The van der Waals surface area contributed by atoms with Gasteiger partial charge >= 0.3 is 6.09 Å². The van der Waals surface area contributed by atoms with Crippen molar-refractivity contribution < 1.29 is 9.53 Å². The largest absolute Gasteiger partial charge is 0.449 e. The number of carbonyl (C=O) groups excluding carboxylic acids is 1. The van der Waals surface area contributed by atoms with Crippen LogP contribution in [-0.2, 0) is 4.74 Å². The molecule has 0 aliphatic rings. The zero-order valence-electron chi connectivity index (χ0n) is 8.04. The Morgan fingerprint density at radius 1 is 1.53 bits per heavy atom. The van der Waals surface area contributed by atoms with Crippen molar-refractivity contribution in [1.29, 1.82) is 0 Å². The van der Waals surface area contributed by atoms with E-state index >= 15 is 0 Å². The molecule has 0 unspecified atom stereocenters. The molecule has 0 radical (unpaired) electrons. The Labute approximate surface area is 84.9 Å². The summed E-state index contributed by atoms with van der Waals surface area (Å²) in [5.41, 5.74) is 6.31. The van der Waals surface area contributed by atoms with Crippen molar-refractivity contribution >= 4 is 23.1 Å². The maximum absolute atomic E-state index is 11.4. The van der Waals surface area contributed by atoms with Gasteiger partial charge in [0.05, 0.1) is 6.61 Å². The number of imidazole rings is 1. The first kappa shape index (κ1) is 9.38. The minimum atomic E-state index is -0.530. The standard InChI is InChI=1S/C8H9N5O2/c1-2-15-8(14)13-4-12-5-6(9)10-3-11-7(5)13/h3-4H,2H2,1H3,(H2,9,10,11). The Balaban J connectivity index is 2.54. The maximum Gasteiger partial charge on any atom is 0.420 e. The minimum Gasteiger partial charge on any atom is -0.449 e. The van der Waals surface area contributed by atoms with Crippen LogP contribution in [0.2, 0.25) is 0 Å². The monoisotopic (exact) mass is 207 g/mol. The number of anilines is 1. The summed E-state index contributed by atoms with van der Waals surface area (Å²) >= 11 is 0. The van der Waals surface area contributed by atoms with Gasteiger partial charge in [-0.15, -0.1) is 0 Å². The van der Waals surface area contributed by atoms with Crippen LogP contribution in [0, 0.1) is 0 Å². The molecule has 0 aromatic carbocycles. The van der Waals surface area contributed by atoms with E-state index in [1.54, 1.807) is 6.92 Å². The molecule has 0 fully saturated rings. The van der Waals surface area contributed by atoms with Crippen LogP contribution < -0.4 is 5.73 Å². The van der Waals surface area contributed by atoms with Gasteiger partial charge in [-0.1, -0.05) is 0 Å². The zero-order valence-corrected chi connectivity index (χ0v) is 8.04. The average molecular weight is 207 g/mol. The first-order valence-corrected chi connectivity index (χ1v) is 4.34. The molecule has 7 nitrogen and oxygen atoms in total. The highest BCUT2D eigenvalue weighted by molar-refractivity contribution is 5.88. The van der Waals surface area contributed by atoms with Crippen molar-refractivity contribution in [2.75, 3.05) is 12.3 Å². The summed E-state index contributed by atoms with van der Waals surface area (Å²) in [5, 5.41) is 0. The van der Waals surface area contributed by atoms with E-state index in [2.05, 4.69) is 15.0 Å². The van der Waals surface area contributed by atoms with Gasteiger partial charge < -0.3 is 10.5 Å². The fourth-order valence-corrected chi connectivity index (χ4v) is 1.18. The lowest BCUT2D eigenvalue weighted by molar-refractivity contribution is 0.155. The lowest BCUT2D eigenvalue weighted by Crippen LogP contribution is -2.12. The average Bonchev–Trinajstić information content (AvgIpc) is 2.63. The highest BCUT2D eigenvalue weighted by atomic mass is 16.5. The molecule has 0 atom stereocenters. The summed E-state index contributed by atoms with van der Waals surface area (Å²) in [5.74, 6) is 0.239. The number of carbonyl (C=O) groups is 1. The van der Waals surface area contributed by atoms with Crippen LogP contribution in [0.1, 0.15) is 6.92 Å². The fourth-order valence-electron chi connectivity index (χ4n) is 1.18. The van der Waals surface area contributed by atoms with Crippen LogP contribution in [0.3, 0.4) is 0 Å². The molecule has 2 aromatic heterocycles. The van der Waals surface area contributed by atoms with Crippen LogP contribution in [0.25, 0.3) is 11.2 Å². The Bertz CT molecular complexity index is 507. The van der Waals surface area contributed by atoms with E-state index in [1.165, 1.54) is 17.2 Å². The number of fused-ring (bicyclic) bond motifs is 1. The van der Waals surface area contributed by atoms with Crippen LogP contribution in [-0.4, -0.2) is 32.2 Å². The van der Waals surface area contributed by atoms with E-state index in [1.807, 2.05) is 0 Å². The quantitative estimate of drug-likeness (QED) is 0.727. The predicted octanol–water partition coefficient (Wildman–Crippen LogP) is 0.413. The molecule has 78 valence electrons. The Kier molecular flexibility index (Phi) is 2.20.